The third-order valence-corrected chi connectivity index (χ3v) is 4.50. The van der Waals surface area contributed by atoms with Crippen LogP contribution in [-0.4, -0.2) is 48.1 Å². The molecule has 1 saturated heterocycles. The molecule has 0 bridgehead atoms. The van der Waals surface area contributed by atoms with Crippen LogP contribution in [-0.2, 0) is 11.3 Å². The van der Waals surface area contributed by atoms with Crippen LogP contribution in [0.3, 0.4) is 0 Å². The Morgan fingerprint density at radius 1 is 1.29 bits per heavy atom. The number of aromatic nitrogens is 5. The molecule has 3 rings (SSSR count). The zero-order valence-electron chi connectivity index (χ0n) is 14.5. The van der Waals surface area contributed by atoms with Crippen molar-refractivity contribution in [2.75, 3.05) is 6.54 Å². The summed E-state index contributed by atoms with van der Waals surface area (Å²) in [5, 5.41) is 11.4. The maximum atomic E-state index is 12.8. The minimum atomic E-state index is -0.0910. The van der Waals surface area contributed by atoms with Crippen molar-refractivity contribution >= 4 is 11.7 Å². The number of nitrogens with zero attached hydrogens (tertiary/aromatic N) is 5. The molecular weight excluding hydrogens is 308 g/mol. The Labute approximate surface area is 140 Å². The average molecular weight is 330 g/mol. The molecule has 128 valence electrons. The fourth-order valence-electron chi connectivity index (χ4n) is 3.42. The lowest BCUT2D eigenvalue weighted by molar-refractivity contribution is -0.133. The van der Waals surface area contributed by atoms with Crippen molar-refractivity contribution in [3.05, 3.63) is 28.6 Å². The number of hydrogen-bond donors (Lipinski definition) is 1. The first-order valence-corrected chi connectivity index (χ1v) is 8.11. The van der Waals surface area contributed by atoms with Crippen LogP contribution >= 0.6 is 0 Å². The SMILES string of the molecule is CC(=O)c1c(C)nn(CC(=O)N2CCCC2c2n[nH]c(C)n2)c1C. The Morgan fingerprint density at radius 2 is 2.04 bits per heavy atom. The fraction of sp³-hybridized carbons (Fsp3) is 0.562. The molecule has 1 unspecified atom stereocenters. The third kappa shape index (κ3) is 2.83. The molecule has 2 aromatic heterocycles. The molecule has 0 radical (unpaired) electrons. The normalized spacial score (nSPS) is 17.5. The summed E-state index contributed by atoms with van der Waals surface area (Å²) < 4.78 is 1.62. The van der Waals surface area contributed by atoms with Crippen molar-refractivity contribution in [1.82, 2.24) is 29.9 Å². The molecule has 1 amide bonds. The quantitative estimate of drug-likeness (QED) is 0.857. The molecule has 8 heteroatoms. The van der Waals surface area contributed by atoms with E-state index in [0.717, 1.165) is 24.4 Å². The number of likely N-dealkylation sites (tertiary alicyclic amines) is 1. The number of nitrogens with one attached hydrogen (secondary N) is 1. The molecule has 0 aliphatic carbocycles. The number of ketones is 1. The van der Waals surface area contributed by atoms with Gasteiger partial charge in [0.25, 0.3) is 0 Å². The summed E-state index contributed by atoms with van der Waals surface area (Å²) in [5.41, 5.74) is 2.00. The van der Waals surface area contributed by atoms with Gasteiger partial charge in [0.05, 0.1) is 17.3 Å². The number of H-pyrrole nitrogens is 1. The highest BCUT2D eigenvalue weighted by atomic mass is 16.2. The van der Waals surface area contributed by atoms with Crippen molar-refractivity contribution in [1.29, 1.82) is 0 Å². The van der Waals surface area contributed by atoms with Gasteiger partial charge in [0, 0.05) is 12.2 Å². The Hall–Kier alpha value is -2.51. The van der Waals surface area contributed by atoms with E-state index in [1.807, 2.05) is 18.7 Å². The van der Waals surface area contributed by atoms with E-state index in [4.69, 9.17) is 0 Å². The van der Waals surface area contributed by atoms with Gasteiger partial charge in [-0.3, -0.25) is 19.4 Å². The Balaban J connectivity index is 1.80. The van der Waals surface area contributed by atoms with Gasteiger partial charge in [0.2, 0.25) is 5.91 Å². The molecule has 2 aromatic rings. The number of rotatable bonds is 4. The third-order valence-electron chi connectivity index (χ3n) is 4.50. The molecule has 3 heterocycles. The van der Waals surface area contributed by atoms with Crippen molar-refractivity contribution in [2.45, 2.75) is 53.1 Å². The zero-order valence-corrected chi connectivity index (χ0v) is 14.5. The van der Waals surface area contributed by atoms with E-state index in [0.29, 0.717) is 23.6 Å². The van der Waals surface area contributed by atoms with Crippen LogP contribution in [0.5, 0.6) is 0 Å². The topological polar surface area (TPSA) is 96.8 Å². The van der Waals surface area contributed by atoms with Crippen molar-refractivity contribution in [3.63, 3.8) is 0 Å². The van der Waals surface area contributed by atoms with Gasteiger partial charge in [-0.1, -0.05) is 0 Å². The largest absolute Gasteiger partial charge is 0.331 e. The number of aromatic amines is 1. The molecule has 0 aromatic carbocycles. The van der Waals surface area contributed by atoms with Gasteiger partial charge < -0.3 is 4.90 Å². The van der Waals surface area contributed by atoms with E-state index in [2.05, 4.69) is 20.3 Å². The van der Waals surface area contributed by atoms with Crippen molar-refractivity contribution < 1.29 is 9.59 Å². The molecule has 8 nitrogen and oxygen atoms in total. The van der Waals surface area contributed by atoms with Crippen LogP contribution < -0.4 is 0 Å². The Kier molecular flexibility index (Phi) is 4.21. The number of Topliss-reactive ketones (excluding diaryl/α,β-unsaturated/α-hetero) is 1. The predicted octanol–water partition coefficient (Wildman–Crippen LogP) is 1.49. The highest BCUT2D eigenvalue weighted by Gasteiger charge is 2.33. The molecule has 0 spiro atoms. The molecular formula is C16H22N6O2. The van der Waals surface area contributed by atoms with Crippen LogP contribution in [0.15, 0.2) is 0 Å². The highest BCUT2D eigenvalue weighted by molar-refractivity contribution is 5.96. The summed E-state index contributed by atoms with van der Waals surface area (Å²) in [7, 11) is 0. The lowest BCUT2D eigenvalue weighted by Gasteiger charge is -2.22. The second-order valence-corrected chi connectivity index (χ2v) is 6.28. The van der Waals surface area contributed by atoms with E-state index in [9.17, 15) is 9.59 Å². The Bertz CT molecular complexity index is 791. The van der Waals surface area contributed by atoms with Crippen LogP contribution in [0.2, 0.25) is 0 Å². The highest BCUT2D eigenvalue weighted by Crippen LogP contribution is 2.30. The molecule has 1 N–H and O–H groups in total. The first-order chi connectivity index (χ1) is 11.4. The van der Waals surface area contributed by atoms with Crippen LogP contribution in [0, 0.1) is 20.8 Å². The van der Waals surface area contributed by atoms with Crippen LogP contribution in [0.25, 0.3) is 0 Å². The standard InChI is InChI=1S/C16H22N6O2/c1-9-15(11(3)23)10(2)22(20-9)8-14(24)21-7-5-6-13(21)16-17-12(4)18-19-16/h13H,5-8H2,1-4H3,(H,17,18,19). The van der Waals surface area contributed by atoms with Gasteiger partial charge in [-0.15, -0.1) is 0 Å². The number of aryl methyl sites for hydroxylation is 2. The maximum absolute atomic E-state index is 12.8. The monoisotopic (exact) mass is 330 g/mol. The first-order valence-electron chi connectivity index (χ1n) is 8.11. The maximum Gasteiger partial charge on any atom is 0.244 e. The fourth-order valence-corrected chi connectivity index (χ4v) is 3.42. The summed E-state index contributed by atoms with van der Waals surface area (Å²) in [4.78, 5) is 30.7. The zero-order chi connectivity index (χ0) is 17.4. The first kappa shape index (κ1) is 16.4. The molecule has 24 heavy (non-hydrogen) atoms. The van der Waals surface area contributed by atoms with Gasteiger partial charge in [-0.05, 0) is 40.5 Å². The molecule has 1 aliphatic heterocycles. The number of carbonyl (C=O) groups is 2. The van der Waals surface area contributed by atoms with E-state index < -0.39 is 0 Å². The summed E-state index contributed by atoms with van der Waals surface area (Å²) in [5.74, 6) is 1.35. The number of carbonyl (C=O) groups excluding carboxylic acids is 2. The smallest absolute Gasteiger partial charge is 0.244 e. The lowest BCUT2D eigenvalue weighted by atomic mass is 10.1. The van der Waals surface area contributed by atoms with Crippen LogP contribution in [0.4, 0.5) is 0 Å². The van der Waals surface area contributed by atoms with Gasteiger partial charge in [0.15, 0.2) is 11.6 Å². The van der Waals surface area contributed by atoms with E-state index in [-0.39, 0.29) is 24.3 Å². The van der Waals surface area contributed by atoms with Gasteiger partial charge >= 0.3 is 0 Å². The molecule has 0 saturated carbocycles. The van der Waals surface area contributed by atoms with Crippen molar-refractivity contribution in [3.8, 4) is 0 Å². The van der Waals surface area contributed by atoms with E-state index >= 15 is 0 Å². The van der Waals surface area contributed by atoms with Gasteiger partial charge in [-0.25, -0.2) is 4.98 Å². The summed E-state index contributed by atoms with van der Waals surface area (Å²) in [6, 6.07) is -0.0910. The van der Waals surface area contributed by atoms with E-state index in [1.165, 1.54) is 6.92 Å². The number of hydrogen-bond acceptors (Lipinski definition) is 5. The lowest BCUT2D eigenvalue weighted by Crippen LogP contribution is -2.34. The summed E-state index contributed by atoms with van der Waals surface area (Å²) in [6.45, 7) is 7.79. The Morgan fingerprint density at radius 3 is 2.62 bits per heavy atom. The van der Waals surface area contributed by atoms with Gasteiger partial charge in [-0.2, -0.15) is 10.2 Å². The second-order valence-electron chi connectivity index (χ2n) is 6.28. The second kappa shape index (κ2) is 6.18. The summed E-state index contributed by atoms with van der Waals surface area (Å²) >= 11 is 0. The minimum Gasteiger partial charge on any atom is -0.331 e. The molecule has 1 atom stereocenters. The minimum absolute atomic E-state index is 0.0272. The van der Waals surface area contributed by atoms with Gasteiger partial charge in [0.1, 0.15) is 12.4 Å². The average Bonchev–Trinajstić information content (AvgIpc) is 3.19. The van der Waals surface area contributed by atoms with E-state index in [1.54, 1.807) is 11.6 Å². The predicted molar refractivity (Wildman–Crippen MR) is 86.5 cm³/mol. The number of amides is 1. The molecule has 1 aliphatic rings. The van der Waals surface area contributed by atoms with Crippen molar-refractivity contribution in [2.24, 2.45) is 0 Å². The van der Waals surface area contributed by atoms with Crippen LogP contribution in [0.1, 0.15) is 59.2 Å². The molecule has 1 fully saturated rings. The summed E-state index contributed by atoms with van der Waals surface area (Å²) in [6.07, 6.45) is 1.79.